The molecule has 1 aromatic carbocycles. The third-order valence-corrected chi connectivity index (χ3v) is 2.27. The minimum Gasteiger partial charge on any atom is -0.392 e. The predicted molar refractivity (Wildman–Crippen MR) is 55.3 cm³/mol. The van der Waals surface area contributed by atoms with Gasteiger partial charge in [-0.05, 0) is 23.1 Å². The maximum absolute atomic E-state index is 8.67. The second-order valence-electron chi connectivity index (χ2n) is 3.11. The van der Waals surface area contributed by atoms with E-state index in [0.717, 1.165) is 6.42 Å². The molecule has 0 bridgehead atoms. The zero-order valence-electron chi connectivity index (χ0n) is 7.40. The summed E-state index contributed by atoms with van der Waals surface area (Å²) >= 11 is 0. The molecule has 1 aliphatic carbocycles. The van der Waals surface area contributed by atoms with Crippen molar-refractivity contribution < 1.29 is 5.11 Å². The molecular formula is C12H12O. The van der Waals surface area contributed by atoms with E-state index in [0.29, 0.717) is 0 Å². The Bertz CT molecular complexity index is 361. The molecule has 0 amide bonds. The van der Waals surface area contributed by atoms with Crippen LogP contribution in [0.15, 0.2) is 30.4 Å². The van der Waals surface area contributed by atoms with Gasteiger partial charge in [0.1, 0.15) is 0 Å². The van der Waals surface area contributed by atoms with Crippen LogP contribution in [0.2, 0.25) is 0 Å². The Labute approximate surface area is 78.0 Å². The highest BCUT2D eigenvalue weighted by Gasteiger charge is 2.06. The van der Waals surface area contributed by atoms with Gasteiger partial charge in [-0.15, -0.1) is 0 Å². The summed E-state index contributed by atoms with van der Waals surface area (Å²) < 4.78 is 0. The molecule has 0 aliphatic heterocycles. The van der Waals surface area contributed by atoms with Gasteiger partial charge in [0.15, 0.2) is 0 Å². The van der Waals surface area contributed by atoms with Crippen molar-refractivity contribution in [1.29, 1.82) is 0 Å². The molecule has 13 heavy (non-hydrogen) atoms. The minimum absolute atomic E-state index is 0.108. The SMILES string of the molecule is OCC=Cc1cccc2c1CC=C2. The van der Waals surface area contributed by atoms with Gasteiger partial charge >= 0.3 is 0 Å². The number of fused-ring (bicyclic) bond motifs is 1. The van der Waals surface area contributed by atoms with Gasteiger partial charge < -0.3 is 5.11 Å². The molecular weight excluding hydrogens is 160 g/mol. The molecule has 0 saturated heterocycles. The Morgan fingerprint density at radius 2 is 2.31 bits per heavy atom. The van der Waals surface area contributed by atoms with Crippen molar-refractivity contribution in [3.63, 3.8) is 0 Å². The summed E-state index contributed by atoms with van der Waals surface area (Å²) in [5.74, 6) is 0. The van der Waals surface area contributed by atoms with E-state index in [9.17, 15) is 0 Å². The van der Waals surface area contributed by atoms with Crippen LogP contribution in [0.3, 0.4) is 0 Å². The monoisotopic (exact) mass is 172 g/mol. The Morgan fingerprint density at radius 1 is 1.38 bits per heavy atom. The highest BCUT2D eigenvalue weighted by Crippen LogP contribution is 2.23. The molecule has 1 N–H and O–H groups in total. The lowest BCUT2D eigenvalue weighted by Crippen LogP contribution is -1.86. The van der Waals surface area contributed by atoms with Crippen molar-refractivity contribution in [3.8, 4) is 0 Å². The molecule has 1 heteroatoms. The number of rotatable bonds is 2. The molecule has 0 heterocycles. The first kappa shape index (κ1) is 8.27. The van der Waals surface area contributed by atoms with Crippen LogP contribution in [0.4, 0.5) is 0 Å². The third-order valence-electron chi connectivity index (χ3n) is 2.27. The second-order valence-corrected chi connectivity index (χ2v) is 3.11. The van der Waals surface area contributed by atoms with E-state index in [1.165, 1.54) is 16.7 Å². The van der Waals surface area contributed by atoms with Gasteiger partial charge in [-0.25, -0.2) is 0 Å². The summed E-state index contributed by atoms with van der Waals surface area (Å²) in [6.45, 7) is 0.108. The second kappa shape index (κ2) is 3.58. The first-order chi connectivity index (χ1) is 6.42. The molecule has 0 saturated carbocycles. The Balaban J connectivity index is 2.38. The van der Waals surface area contributed by atoms with E-state index >= 15 is 0 Å². The van der Waals surface area contributed by atoms with E-state index in [1.54, 1.807) is 6.08 Å². The van der Waals surface area contributed by atoms with Crippen LogP contribution in [-0.4, -0.2) is 11.7 Å². The van der Waals surface area contributed by atoms with Crippen LogP contribution in [0.25, 0.3) is 12.2 Å². The zero-order chi connectivity index (χ0) is 9.10. The van der Waals surface area contributed by atoms with Crippen LogP contribution in [0.5, 0.6) is 0 Å². The quantitative estimate of drug-likeness (QED) is 0.725. The number of allylic oxidation sites excluding steroid dienone is 1. The van der Waals surface area contributed by atoms with Crippen molar-refractivity contribution in [3.05, 3.63) is 47.0 Å². The third kappa shape index (κ3) is 1.56. The first-order valence-electron chi connectivity index (χ1n) is 4.47. The molecule has 0 atom stereocenters. The smallest absolute Gasteiger partial charge is 0.0615 e. The van der Waals surface area contributed by atoms with Crippen LogP contribution < -0.4 is 0 Å². The fraction of sp³-hybridized carbons (Fsp3) is 0.167. The Morgan fingerprint density at radius 3 is 3.15 bits per heavy atom. The highest BCUT2D eigenvalue weighted by molar-refractivity contribution is 5.68. The summed E-state index contributed by atoms with van der Waals surface area (Å²) in [6.07, 6.45) is 9.08. The lowest BCUT2D eigenvalue weighted by molar-refractivity contribution is 0.343. The van der Waals surface area contributed by atoms with Crippen LogP contribution in [0, 0.1) is 0 Å². The average Bonchev–Trinajstić information content (AvgIpc) is 2.62. The van der Waals surface area contributed by atoms with Crippen LogP contribution in [-0.2, 0) is 6.42 Å². The van der Waals surface area contributed by atoms with Gasteiger partial charge in [-0.2, -0.15) is 0 Å². The van der Waals surface area contributed by atoms with Gasteiger partial charge in [0.05, 0.1) is 6.61 Å². The molecule has 0 aromatic heterocycles. The molecule has 66 valence electrons. The van der Waals surface area contributed by atoms with Crippen LogP contribution >= 0.6 is 0 Å². The van der Waals surface area contributed by atoms with E-state index in [1.807, 2.05) is 12.1 Å². The molecule has 1 aliphatic rings. The number of hydrogen-bond donors (Lipinski definition) is 1. The van der Waals surface area contributed by atoms with E-state index < -0.39 is 0 Å². The summed E-state index contributed by atoms with van der Waals surface area (Å²) in [7, 11) is 0. The van der Waals surface area contributed by atoms with E-state index in [4.69, 9.17) is 5.11 Å². The summed E-state index contributed by atoms with van der Waals surface area (Å²) in [5.41, 5.74) is 3.89. The lowest BCUT2D eigenvalue weighted by atomic mass is 10.0. The van der Waals surface area contributed by atoms with E-state index in [2.05, 4.69) is 24.3 Å². The molecule has 0 spiro atoms. The fourth-order valence-electron chi connectivity index (χ4n) is 1.65. The van der Waals surface area contributed by atoms with Crippen molar-refractivity contribution in [2.75, 3.05) is 6.61 Å². The zero-order valence-corrected chi connectivity index (χ0v) is 7.40. The number of aliphatic hydroxyl groups is 1. The maximum atomic E-state index is 8.67. The van der Waals surface area contributed by atoms with Gasteiger partial charge in [0.25, 0.3) is 0 Å². The summed E-state index contributed by atoms with van der Waals surface area (Å²) in [5, 5.41) is 8.67. The minimum atomic E-state index is 0.108. The number of aliphatic hydroxyl groups excluding tert-OH is 1. The maximum Gasteiger partial charge on any atom is 0.0615 e. The predicted octanol–water partition coefficient (Wildman–Crippen LogP) is 2.26. The normalized spacial score (nSPS) is 13.9. The standard InChI is InChI=1S/C12H12O/c13-9-3-7-11-5-1-4-10-6-2-8-12(10)11/h1-7,13H,8-9H2. The molecule has 0 fully saturated rings. The van der Waals surface area contributed by atoms with Crippen molar-refractivity contribution >= 4 is 12.2 Å². The number of hydrogen-bond acceptors (Lipinski definition) is 1. The van der Waals surface area contributed by atoms with Gasteiger partial charge in [-0.1, -0.05) is 42.5 Å². The molecule has 0 radical (unpaired) electrons. The topological polar surface area (TPSA) is 20.2 Å². The van der Waals surface area contributed by atoms with Crippen molar-refractivity contribution in [2.24, 2.45) is 0 Å². The summed E-state index contributed by atoms with van der Waals surface area (Å²) in [4.78, 5) is 0. The molecule has 0 unspecified atom stereocenters. The van der Waals surface area contributed by atoms with Gasteiger partial charge in [-0.3, -0.25) is 0 Å². The Hall–Kier alpha value is -1.34. The Kier molecular flexibility index (Phi) is 2.28. The van der Waals surface area contributed by atoms with Gasteiger partial charge in [0.2, 0.25) is 0 Å². The van der Waals surface area contributed by atoms with Gasteiger partial charge in [0, 0.05) is 0 Å². The largest absolute Gasteiger partial charge is 0.392 e. The lowest BCUT2D eigenvalue weighted by Gasteiger charge is -2.02. The summed E-state index contributed by atoms with van der Waals surface area (Å²) in [6, 6.07) is 6.25. The van der Waals surface area contributed by atoms with Crippen molar-refractivity contribution in [1.82, 2.24) is 0 Å². The van der Waals surface area contributed by atoms with Crippen molar-refractivity contribution in [2.45, 2.75) is 6.42 Å². The van der Waals surface area contributed by atoms with E-state index in [-0.39, 0.29) is 6.61 Å². The first-order valence-corrected chi connectivity index (χ1v) is 4.47. The highest BCUT2D eigenvalue weighted by atomic mass is 16.2. The van der Waals surface area contributed by atoms with Crippen LogP contribution in [0.1, 0.15) is 16.7 Å². The molecule has 1 nitrogen and oxygen atoms in total. The average molecular weight is 172 g/mol. The fourth-order valence-corrected chi connectivity index (χ4v) is 1.65. The number of benzene rings is 1. The molecule has 2 rings (SSSR count). The molecule has 1 aromatic rings.